The summed E-state index contributed by atoms with van der Waals surface area (Å²) in [7, 11) is -4.22. The van der Waals surface area contributed by atoms with Gasteiger partial charge >= 0.3 is 5.97 Å². The van der Waals surface area contributed by atoms with Gasteiger partial charge in [0.2, 0.25) is 10.0 Å². The number of nitrogens with one attached hydrogen (secondary N) is 5. The van der Waals surface area contributed by atoms with E-state index in [9.17, 15) is 18.0 Å². The summed E-state index contributed by atoms with van der Waals surface area (Å²) in [5.74, 6) is -0.585. The minimum atomic E-state index is -4.22. The summed E-state index contributed by atoms with van der Waals surface area (Å²) < 4.78 is 38.7. The van der Waals surface area contributed by atoms with Crippen LogP contribution in [0.25, 0.3) is 10.9 Å². The topological polar surface area (TPSA) is 193 Å². The van der Waals surface area contributed by atoms with Crippen LogP contribution >= 0.6 is 0 Å². The number of amides is 1. The molecular formula is C22H28N8O6S. The van der Waals surface area contributed by atoms with Crippen molar-refractivity contribution in [3.63, 3.8) is 0 Å². The van der Waals surface area contributed by atoms with Gasteiger partial charge in [-0.25, -0.2) is 8.42 Å². The van der Waals surface area contributed by atoms with Gasteiger partial charge in [-0.3, -0.25) is 19.7 Å². The second-order valence-corrected chi connectivity index (χ2v) is 9.93. The number of hydrogen-bond acceptors (Lipinski definition) is 11. The highest BCUT2D eigenvalue weighted by molar-refractivity contribution is 7.89. The molecule has 3 aromatic rings. The molecule has 1 atom stereocenters. The Balaban J connectivity index is 1.42. The Morgan fingerprint density at radius 3 is 2.84 bits per heavy atom. The number of nitrogens with zero attached hydrogens (tertiary/aromatic N) is 3. The van der Waals surface area contributed by atoms with Gasteiger partial charge in [-0.05, 0) is 32.4 Å². The summed E-state index contributed by atoms with van der Waals surface area (Å²) in [5.41, 5.74) is 1.12. The molecule has 3 heterocycles. The maximum Gasteiger partial charge on any atom is 0.326 e. The van der Waals surface area contributed by atoms with Crippen LogP contribution in [0, 0.1) is 13.8 Å². The fourth-order valence-electron chi connectivity index (χ4n) is 3.80. The van der Waals surface area contributed by atoms with E-state index < -0.39 is 27.9 Å². The normalized spacial score (nSPS) is 14.2. The van der Waals surface area contributed by atoms with Gasteiger partial charge < -0.3 is 25.2 Å². The van der Waals surface area contributed by atoms with E-state index in [2.05, 4.69) is 41.0 Å². The average molecular weight is 533 g/mol. The molecule has 5 N–H and O–H groups in total. The summed E-state index contributed by atoms with van der Waals surface area (Å²) in [6, 6.07) is 3.65. The first kappa shape index (κ1) is 26.1. The molecule has 14 nitrogen and oxygen atoms in total. The van der Waals surface area contributed by atoms with Gasteiger partial charge in [0.25, 0.3) is 5.91 Å². The van der Waals surface area contributed by atoms with Crippen molar-refractivity contribution < 1.29 is 27.3 Å². The van der Waals surface area contributed by atoms with Crippen LogP contribution in [0.15, 0.2) is 38.8 Å². The molecule has 1 aliphatic heterocycles. The van der Waals surface area contributed by atoms with Crippen LogP contribution in [0.3, 0.4) is 0 Å². The van der Waals surface area contributed by atoms with E-state index >= 15 is 0 Å². The van der Waals surface area contributed by atoms with Crippen LogP contribution in [-0.4, -0.2) is 80.4 Å². The quantitative estimate of drug-likeness (QED) is 0.162. The molecule has 1 unspecified atom stereocenters. The van der Waals surface area contributed by atoms with Crippen LogP contribution < -0.4 is 20.7 Å². The minimum Gasteiger partial charge on any atom is -0.464 e. The van der Waals surface area contributed by atoms with Crippen molar-refractivity contribution >= 4 is 38.8 Å². The van der Waals surface area contributed by atoms with E-state index in [1.165, 1.54) is 20.0 Å². The van der Waals surface area contributed by atoms with Crippen LogP contribution in [0.4, 0.5) is 0 Å². The largest absolute Gasteiger partial charge is 0.464 e. The van der Waals surface area contributed by atoms with Gasteiger partial charge in [-0.2, -0.15) is 9.82 Å². The highest BCUT2D eigenvalue weighted by Gasteiger charge is 2.31. The molecule has 0 bridgehead atoms. The summed E-state index contributed by atoms with van der Waals surface area (Å²) in [4.78, 5) is 29.8. The van der Waals surface area contributed by atoms with E-state index in [0.717, 1.165) is 6.54 Å². The van der Waals surface area contributed by atoms with Crippen molar-refractivity contribution in [2.75, 3.05) is 32.8 Å². The number of aromatic nitrogens is 3. The van der Waals surface area contributed by atoms with Crippen LogP contribution in [0.2, 0.25) is 0 Å². The van der Waals surface area contributed by atoms with Crippen molar-refractivity contribution in [3.8, 4) is 0 Å². The second kappa shape index (κ2) is 11.4. The summed E-state index contributed by atoms with van der Waals surface area (Å²) in [6.45, 7) is 4.57. The molecule has 37 heavy (non-hydrogen) atoms. The minimum absolute atomic E-state index is 0.0327. The van der Waals surface area contributed by atoms with Crippen molar-refractivity contribution in [1.82, 2.24) is 36.0 Å². The van der Waals surface area contributed by atoms with Crippen LogP contribution in [-0.2, 0) is 19.6 Å². The third kappa shape index (κ3) is 6.24. The number of fused-ring (bicyclic) bond motifs is 1. The van der Waals surface area contributed by atoms with E-state index in [1.54, 1.807) is 18.2 Å². The van der Waals surface area contributed by atoms with Gasteiger partial charge in [0, 0.05) is 25.0 Å². The molecule has 1 aliphatic rings. The molecular weight excluding hydrogens is 504 g/mol. The molecule has 0 fully saturated rings. The molecule has 0 aliphatic carbocycles. The lowest BCUT2D eigenvalue weighted by atomic mass is 10.1. The maximum absolute atomic E-state index is 13.1. The zero-order chi connectivity index (χ0) is 26.4. The lowest BCUT2D eigenvalue weighted by Crippen LogP contribution is -2.49. The predicted octanol–water partition coefficient (Wildman–Crippen LogP) is -0.273. The van der Waals surface area contributed by atoms with Gasteiger partial charge in [0.15, 0.2) is 11.7 Å². The molecule has 4 rings (SSSR count). The standard InChI is InChI=1S/C22H28N8O6S/c1-13-19(14(2)36-29-13)37(33,34)30-18(21(32)35-10-4-7-23-22-24-8-9-25-22)12-26-20(31)15-5-3-6-17-16(15)11-27-28-17/h3,5-6,11,18,30H,4,7-10,12H2,1-2H3,(H,26,31)(H,27,28)(H2,23,24,25). The third-order valence-corrected chi connectivity index (χ3v) is 7.26. The Morgan fingerprint density at radius 1 is 1.27 bits per heavy atom. The fourth-order valence-corrected chi connectivity index (χ4v) is 5.32. The Hall–Kier alpha value is -3.98. The number of sulfonamides is 1. The fraction of sp³-hybridized carbons (Fsp3) is 0.409. The number of H-pyrrole nitrogens is 1. The smallest absolute Gasteiger partial charge is 0.326 e. The Bertz CT molecular complexity index is 1390. The molecule has 2 aromatic heterocycles. The summed E-state index contributed by atoms with van der Waals surface area (Å²) >= 11 is 0. The van der Waals surface area contributed by atoms with Crippen molar-refractivity contribution in [2.24, 2.45) is 4.99 Å². The highest BCUT2D eigenvalue weighted by Crippen LogP contribution is 2.19. The van der Waals surface area contributed by atoms with Gasteiger partial charge in [-0.15, -0.1) is 0 Å². The number of aliphatic imine (C=N–C) groups is 1. The average Bonchev–Trinajstić information content (AvgIpc) is 3.62. The number of carbonyl (C=O) groups is 2. The number of benzene rings is 1. The lowest BCUT2D eigenvalue weighted by molar-refractivity contribution is -0.145. The lowest BCUT2D eigenvalue weighted by Gasteiger charge is -2.18. The molecule has 1 aromatic carbocycles. The van der Waals surface area contributed by atoms with E-state index in [4.69, 9.17) is 9.26 Å². The van der Waals surface area contributed by atoms with Crippen molar-refractivity contribution in [1.29, 1.82) is 0 Å². The number of aryl methyl sites for hydroxylation is 2. The highest BCUT2D eigenvalue weighted by atomic mass is 32.2. The van der Waals surface area contributed by atoms with E-state index in [1.807, 2.05) is 0 Å². The number of guanidine groups is 1. The molecule has 0 radical (unpaired) electrons. The first-order chi connectivity index (χ1) is 17.8. The van der Waals surface area contributed by atoms with Crippen LogP contribution in [0.1, 0.15) is 28.2 Å². The van der Waals surface area contributed by atoms with Crippen LogP contribution in [0.5, 0.6) is 0 Å². The van der Waals surface area contributed by atoms with Gasteiger partial charge in [0.05, 0.1) is 30.4 Å². The van der Waals surface area contributed by atoms with Crippen molar-refractivity contribution in [2.45, 2.75) is 31.2 Å². The molecule has 0 saturated carbocycles. The summed E-state index contributed by atoms with van der Waals surface area (Å²) in [6.07, 6.45) is 1.97. The number of aromatic amines is 1. The summed E-state index contributed by atoms with van der Waals surface area (Å²) in [5, 5.41) is 19.7. The van der Waals surface area contributed by atoms with Crippen molar-refractivity contribution in [3.05, 3.63) is 41.4 Å². The van der Waals surface area contributed by atoms with E-state index in [0.29, 0.717) is 41.9 Å². The zero-order valence-electron chi connectivity index (χ0n) is 20.3. The predicted molar refractivity (Wildman–Crippen MR) is 132 cm³/mol. The number of hydrogen-bond donors (Lipinski definition) is 5. The first-order valence-electron chi connectivity index (χ1n) is 11.6. The molecule has 15 heteroatoms. The number of ether oxygens (including phenoxy) is 1. The van der Waals surface area contributed by atoms with Gasteiger partial charge in [-0.1, -0.05) is 11.2 Å². The van der Waals surface area contributed by atoms with Gasteiger partial charge in [0.1, 0.15) is 16.6 Å². The number of esters is 1. The maximum atomic E-state index is 13.1. The molecule has 198 valence electrons. The Labute approximate surface area is 212 Å². The SMILES string of the molecule is Cc1noc(C)c1S(=O)(=O)NC(CNC(=O)c1cccc2[nH]ncc12)C(=O)OCCCNC1=NCCN1. The number of rotatable bonds is 11. The number of carbonyl (C=O) groups excluding carboxylic acids is 2. The zero-order valence-corrected chi connectivity index (χ0v) is 21.1. The van der Waals surface area contributed by atoms with E-state index in [-0.39, 0.29) is 29.5 Å². The molecule has 1 amide bonds. The Kier molecular flexibility index (Phi) is 8.03. The first-order valence-corrected chi connectivity index (χ1v) is 13.1. The molecule has 0 saturated heterocycles. The monoisotopic (exact) mass is 532 g/mol. The third-order valence-electron chi connectivity index (χ3n) is 5.55. The molecule has 0 spiro atoms. The second-order valence-electron chi connectivity index (χ2n) is 8.28. The Morgan fingerprint density at radius 2 is 2.11 bits per heavy atom.